The first kappa shape index (κ1) is 16.0. The second-order valence-electron chi connectivity index (χ2n) is 6.48. The molecule has 1 fully saturated rings. The van der Waals surface area contributed by atoms with E-state index < -0.39 is 6.10 Å². The van der Waals surface area contributed by atoms with Crippen molar-refractivity contribution in [3.05, 3.63) is 29.6 Å². The van der Waals surface area contributed by atoms with Gasteiger partial charge in [0.1, 0.15) is 5.82 Å². The van der Waals surface area contributed by atoms with Gasteiger partial charge in [0.25, 0.3) is 0 Å². The molecule has 2 aromatic rings. The average molecular weight is 316 g/mol. The van der Waals surface area contributed by atoms with Gasteiger partial charge in [0, 0.05) is 26.7 Å². The summed E-state index contributed by atoms with van der Waals surface area (Å²) in [6.45, 7) is 3.87. The standard InChI is InChI=1S/C17H24N4O2/c1-11-19-14-8-12(4-5-15(14)21(11)3)9-18-17(23)13-10-20(2)7-6-16(13)22/h4-5,8,13,16,22H,6-7,9-10H2,1-3H3,(H,18,23)/t13-,16+/m1/s1. The molecule has 0 radical (unpaired) electrons. The lowest BCUT2D eigenvalue weighted by atomic mass is 9.94. The fourth-order valence-corrected chi connectivity index (χ4v) is 3.16. The molecule has 0 spiro atoms. The Morgan fingerprint density at radius 3 is 3.00 bits per heavy atom. The molecule has 0 saturated carbocycles. The Kier molecular flexibility index (Phi) is 4.37. The molecule has 0 aliphatic carbocycles. The van der Waals surface area contributed by atoms with Crippen LogP contribution in [0.25, 0.3) is 11.0 Å². The van der Waals surface area contributed by atoms with Gasteiger partial charge in [0.2, 0.25) is 5.91 Å². The predicted molar refractivity (Wildman–Crippen MR) is 88.9 cm³/mol. The zero-order valence-corrected chi connectivity index (χ0v) is 13.9. The number of aryl methyl sites for hydroxylation is 2. The van der Waals surface area contributed by atoms with Gasteiger partial charge in [-0.15, -0.1) is 0 Å². The molecule has 2 N–H and O–H groups in total. The van der Waals surface area contributed by atoms with Crippen molar-refractivity contribution in [1.82, 2.24) is 19.8 Å². The summed E-state index contributed by atoms with van der Waals surface area (Å²) < 4.78 is 2.05. The highest BCUT2D eigenvalue weighted by molar-refractivity contribution is 5.80. The molecule has 0 unspecified atom stereocenters. The Bertz CT molecular complexity index is 725. The third-order valence-electron chi connectivity index (χ3n) is 4.75. The van der Waals surface area contributed by atoms with Crippen LogP contribution in [0.2, 0.25) is 0 Å². The minimum atomic E-state index is -0.549. The summed E-state index contributed by atoms with van der Waals surface area (Å²) in [5, 5.41) is 13.0. The van der Waals surface area contributed by atoms with Crippen LogP contribution in [0.15, 0.2) is 18.2 Å². The molecule has 1 aromatic heterocycles. The summed E-state index contributed by atoms with van der Waals surface area (Å²) in [4.78, 5) is 18.9. The minimum absolute atomic E-state index is 0.0821. The molecule has 23 heavy (non-hydrogen) atoms. The first-order valence-electron chi connectivity index (χ1n) is 8.02. The normalized spacial score (nSPS) is 22.4. The number of likely N-dealkylation sites (tertiary alicyclic amines) is 1. The van der Waals surface area contributed by atoms with Gasteiger partial charge in [-0.25, -0.2) is 4.98 Å². The number of amides is 1. The highest BCUT2D eigenvalue weighted by Gasteiger charge is 2.31. The molecule has 1 aromatic carbocycles. The fraction of sp³-hybridized carbons (Fsp3) is 0.529. The van der Waals surface area contributed by atoms with Crippen LogP contribution in [0.1, 0.15) is 17.8 Å². The number of imidazole rings is 1. The number of hydrogen-bond acceptors (Lipinski definition) is 4. The quantitative estimate of drug-likeness (QED) is 0.879. The zero-order chi connectivity index (χ0) is 16.6. The molecule has 6 heteroatoms. The van der Waals surface area contributed by atoms with Crippen molar-refractivity contribution in [3.8, 4) is 0 Å². The maximum absolute atomic E-state index is 12.3. The minimum Gasteiger partial charge on any atom is -0.392 e. The first-order chi connectivity index (χ1) is 11.0. The van der Waals surface area contributed by atoms with Crippen molar-refractivity contribution in [1.29, 1.82) is 0 Å². The maximum Gasteiger partial charge on any atom is 0.227 e. The van der Waals surface area contributed by atoms with Crippen LogP contribution >= 0.6 is 0 Å². The molecule has 1 saturated heterocycles. The second kappa shape index (κ2) is 6.29. The van der Waals surface area contributed by atoms with Crippen LogP contribution in [0.5, 0.6) is 0 Å². The van der Waals surface area contributed by atoms with Gasteiger partial charge in [0.05, 0.1) is 23.1 Å². The largest absolute Gasteiger partial charge is 0.392 e. The lowest BCUT2D eigenvalue weighted by Crippen LogP contribution is -2.48. The van der Waals surface area contributed by atoms with Gasteiger partial charge in [-0.1, -0.05) is 6.07 Å². The van der Waals surface area contributed by atoms with Crippen molar-refractivity contribution in [2.75, 3.05) is 20.1 Å². The monoisotopic (exact) mass is 316 g/mol. The van der Waals surface area contributed by atoms with E-state index in [1.807, 2.05) is 43.8 Å². The van der Waals surface area contributed by atoms with Gasteiger partial charge in [0.15, 0.2) is 0 Å². The average Bonchev–Trinajstić information content (AvgIpc) is 2.81. The Morgan fingerprint density at radius 1 is 1.43 bits per heavy atom. The maximum atomic E-state index is 12.3. The molecule has 1 aliphatic rings. The summed E-state index contributed by atoms with van der Waals surface area (Å²) in [7, 11) is 3.97. The highest BCUT2D eigenvalue weighted by atomic mass is 16.3. The van der Waals surface area contributed by atoms with Crippen LogP contribution in [0, 0.1) is 12.8 Å². The number of piperidine rings is 1. The number of hydrogen-bond donors (Lipinski definition) is 2. The number of aromatic nitrogens is 2. The van der Waals surface area contributed by atoms with Gasteiger partial charge in [-0.3, -0.25) is 4.79 Å². The Morgan fingerprint density at radius 2 is 2.22 bits per heavy atom. The number of fused-ring (bicyclic) bond motifs is 1. The molecular weight excluding hydrogens is 292 g/mol. The first-order valence-corrected chi connectivity index (χ1v) is 8.02. The van der Waals surface area contributed by atoms with E-state index in [2.05, 4.69) is 15.2 Å². The number of aliphatic hydroxyl groups is 1. The molecule has 2 heterocycles. The topological polar surface area (TPSA) is 70.4 Å². The molecular formula is C17H24N4O2. The van der Waals surface area contributed by atoms with Crippen LogP contribution in [-0.4, -0.2) is 51.7 Å². The van der Waals surface area contributed by atoms with Crippen molar-refractivity contribution >= 4 is 16.9 Å². The van der Waals surface area contributed by atoms with Gasteiger partial charge < -0.3 is 19.9 Å². The summed E-state index contributed by atoms with van der Waals surface area (Å²) in [5.74, 6) is 0.533. The molecule has 0 bridgehead atoms. The van der Waals surface area contributed by atoms with E-state index in [9.17, 15) is 9.90 Å². The number of carbonyl (C=O) groups excluding carboxylic acids is 1. The summed E-state index contributed by atoms with van der Waals surface area (Å²) in [6.07, 6.45) is 0.0976. The number of aliphatic hydroxyl groups excluding tert-OH is 1. The SMILES string of the molecule is Cc1nc2cc(CNC(=O)[C@@H]3CN(C)CC[C@@H]3O)ccc2n1C. The molecule has 1 aliphatic heterocycles. The van der Waals surface area contributed by atoms with Crippen molar-refractivity contribution < 1.29 is 9.90 Å². The smallest absolute Gasteiger partial charge is 0.227 e. The van der Waals surface area contributed by atoms with Crippen molar-refractivity contribution in [2.45, 2.75) is 26.0 Å². The lowest BCUT2D eigenvalue weighted by molar-refractivity contribution is -0.131. The van der Waals surface area contributed by atoms with E-state index in [1.165, 1.54) is 0 Å². The number of nitrogens with zero attached hydrogens (tertiary/aromatic N) is 3. The Hall–Kier alpha value is -1.92. The second-order valence-corrected chi connectivity index (χ2v) is 6.48. The predicted octanol–water partition coefficient (Wildman–Crippen LogP) is 0.811. The van der Waals surface area contributed by atoms with Crippen LogP contribution in [-0.2, 0) is 18.4 Å². The van der Waals surface area contributed by atoms with E-state index in [-0.39, 0.29) is 11.8 Å². The molecule has 3 rings (SSSR count). The lowest BCUT2D eigenvalue weighted by Gasteiger charge is -2.32. The molecule has 124 valence electrons. The highest BCUT2D eigenvalue weighted by Crippen LogP contribution is 2.18. The van der Waals surface area contributed by atoms with E-state index >= 15 is 0 Å². The fourth-order valence-electron chi connectivity index (χ4n) is 3.16. The summed E-state index contributed by atoms with van der Waals surface area (Å²) in [6, 6.07) is 6.04. The van der Waals surface area contributed by atoms with Gasteiger partial charge in [-0.2, -0.15) is 0 Å². The van der Waals surface area contributed by atoms with Crippen LogP contribution in [0.4, 0.5) is 0 Å². The number of carbonyl (C=O) groups is 1. The summed E-state index contributed by atoms with van der Waals surface area (Å²) in [5.41, 5.74) is 3.04. The van der Waals surface area contributed by atoms with E-state index in [0.29, 0.717) is 19.5 Å². The number of benzene rings is 1. The number of rotatable bonds is 3. The van der Waals surface area contributed by atoms with E-state index in [0.717, 1.165) is 29.0 Å². The molecule has 2 atom stereocenters. The van der Waals surface area contributed by atoms with Crippen molar-refractivity contribution in [3.63, 3.8) is 0 Å². The zero-order valence-electron chi connectivity index (χ0n) is 13.9. The van der Waals surface area contributed by atoms with Crippen LogP contribution in [0.3, 0.4) is 0 Å². The van der Waals surface area contributed by atoms with E-state index in [4.69, 9.17) is 0 Å². The molecule has 1 amide bonds. The van der Waals surface area contributed by atoms with Gasteiger partial charge in [-0.05, 0) is 38.1 Å². The summed E-state index contributed by atoms with van der Waals surface area (Å²) >= 11 is 0. The third kappa shape index (κ3) is 3.23. The van der Waals surface area contributed by atoms with Crippen LogP contribution < -0.4 is 5.32 Å². The number of nitrogens with one attached hydrogen (secondary N) is 1. The Labute approximate surface area is 136 Å². The Balaban J connectivity index is 1.66. The van der Waals surface area contributed by atoms with Crippen molar-refractivity contribution in [2.24, 2.45) is 13.0 Å². The molecule has 6 nitrogen and oxygen atoms in total. The third-order valence-corrected chi connectivity index (χ3v) is 4.75. The van der Waals surface area contributed by atoms with Gasteiger partial charge >= 0.3 is 0 Å². The van der Waals surface area contributed by atoms with E-state index in [1.54, 1.807) is 0 Å².